The average molecular weight is 416 g/mol. The van der Waals surface area contributed by atoms with Crippen LogP contribution in [-0.2, 0) is 14.3 Å². The SMILES string of the molecule is C=C1/C=C\C(N(CCCCCC)C/C(C)=C/C=C(/C)CC)=C/CC(=O)OC(C)(C)O1. The Morgan fingerprint density at radius 2 is 1.80 bits per heavy atom. The second-order valence-electron chi connectivity index (χ2n) is 8.47. The van der Waals surface area contributed by atoms with Gasteiger partial charge in [-0.15, -0.1) is 0 Å². The summed E-state index contributed by atoms with van der Waals surface area (Å²) >= 11 is 0. The van der Waals surface area contributed by atoms with Crippen molar-refractivity contribution in [2.45, 2.75) is 85.9 Å². The second kappa shape index (κ2) is 13.1. The number of cyclic esters (lactones) is 1. The Labute approximate surface area is 184 Å². The fourth-order valence-corrected chi connectivity index (χ4v) is 3.14. The van der Waals surface area contributed by atoms with Gasteiger partial charge in [0.2, 0.25) is 5.79 Å². The molecule has 0 atom stereocenters. The van der Waals surface area contributed by atoms with Crippen molar-refractivity contribution >= 4 is 5.97 Å². The summed E-state index contributed by atoms with van der Waals surface area (Å²) in [5, 5.41) is 0. The molecule has 0 radical (unpaired) electrons. The minimum atomic E-state index is -1.02. The number of hydrogen-bond donors (Lipinski definition) is 0. The highest BCUT2D eigenvalue weighted by Crippen LogP contribution is 2.21. The lowest BCUT2D eigenvalue weighted by Crippen LogP contribution is -2.31. The van der Waals surface area contributed by atoms with Gasteiger partial charge in [-0.3, -0.25) is 4.79 Å². The van der Waals surface area contributed by atoms with E-state index in [1.807, 2.05) is 18.2 Å². The van der Waals surface area contributed by atoms with Gasteiger partial charge < -0.3 is 14.4 Å². The van der Waals surface area contributed by atoms with E-state index in [0.29, 0.717) is 5.76 Å². The molecular formula is C26H41NO3. The van der Waals surface area contributed by atoms with Crippen LogP contribution in [0, 0.1) is 0 Å². The van der Waals surface area contributed by atoms with Crippen LogP contribution >= 0.6 is 0 Å². The predicted molar refractivity (Wildman–Crippen MR) is 126 cm³/mol. The lowest BCUT2D eigenvalue weighted by molar-refractivity contribution is -0.199. The first-order chi connectivity index (χ1) is 14.2. The van der Waals surface area contributed by atoms with Crippen molar-refractivity contribution in [1.82, 2.24) is 4.90 Å². The first-order valence-corrected chi connectivity index (χ1v) is 11.2. The quantitative estimate of drug-likeness (QED) is 0.223. The number of rotatable bonds is 10. The molecule has 0 saturated heterocycles. The number of carbonyl (C=O) groups excluding carboxylic acids is 1. The number of allylic oxidation sites excluding steroid dienone is 5. The molecule has 0 bridgehead atoms. The summed E-state index contributed by atoms with van der Waals surface area (Å²) in [7, 11) is 0. The van der Waals surface area contributed by atoms with Crippen LogP contribution in [0.15, 0.2) is 59.6 Å². The summed E-state index contributed by atoms with van der Waals surface area (Å²) in [5.74, 6) is -0.854. The molecule has 1 heterocycles. The summed E-state index contributed by atoms with van der Waals surface area (Å²) in [6.07, 6.45) is 16.2. The number of unbranched alkanes of at least 4 members (excludes halogenated alkanes) is 3. The van der Waals surface area contributed by atoms with Crippen LogP contribution in [-0.4, -0.2) is 29.7 Å². The van der Waals surface area contributed by atoms with E-state index < -0.39 is 5.79 Å². The Bertz CT molecular complexity index is 695. The molecule has 0 unspecified atom stereocenters. The number of esters is 1. The summed E-state index contributed by atoms with van der Waals surface area (Å²) in [6, 6.07) is 0. The van der Waals surface area contributed by atoms with Crippen molar-refractivity contribution in [3.63, 3.8) is 0 Å². The fraction of sp³-hybridized carbons (Fsp3) is 0.577. The highest BCUT2D eigenvalue weighted by Gasteiger charge is 2.25. The van der Waals surface area contributed by atoms with Crippen LogP contribution in [0.3, 0.4) is 0 Å². The zero-order valence-corrected chi connectivity index (χ0v) is 19.9. The van der Waals surface area contributed by atoms with Crippen LogP contribution in [0.4, 0.5) is 0 Å². The molecule has 1 aliphatic rings. The maximum Gasteiger partial charge on any atom is 0.312 e. The van der Waals surface area contributed by atoms with E-state index in [2.05, 4.69) is 51.3 Å². The Kier molecular flexibility index (Phi) is 11.3. The number of hydrogen-bond acceptors (Lipinski definition) is 4. The third kappa shape index (κ3) is 10.5. The largest absolute Gasteiger partial charge is 0.453 e. The molecule has 0 saturated carbocycles. The summed E-state index contributed by atoms with van der Waals surface area (Å²) in [6.45, 7) is 17.8. The molecule has 1 aliphatic heterocycles. The van der Waals surface area contributed by atoms with Crippen LogP contribution in [0.25, 0.3) is 0 Å². The van der Waals surface area contributed by atoms with E-state index in [1.54, 1.807) is 13.8 Å². The van der Waals surface area contributed by atoms with Gasteiger partial charge in [0.15, 0.2) is 0 Å². The lowest BCUT2D eigenvalue weighted by Gasteiger charge is -2.29. The van der Waals surface area contributed by atoms with Gasteiger partial charge in [-0.25, -0.2) is 0 Å². The van der Waals surface area contributed by atoms with Gasteiger partial charge in [-0.2, -0.15) is 0 Å². The molecule has 4 nitrogen and oxygen atoms in total. The minimum absolute atomic E-state index is 0.210. The van der Waals surface area contributed by atoms with Crippen LogP contribution in [0.2, 0.25) is 0 Å². The smallest absolute Gasteiger partial charge is 0.312 e. The molecule has 0 fully saturated rings. The predicted octanol–water partition coefficient (Wildman–Crippen LogP) is 6.82. The van der Waals surface area contributed by atoms with Gasteiger partial charge in [0.25, 0.3) is 0 Å². The van der Waals surface area contributed by atoms with Gasteiger partial charge in [-0.05, 0) is 44.9 Å². The van der Waals surface area contributed by atoms with E-state index in [-0.39, 0.29) is 12.4 Å². The Morgan fingerprint density at radius 3 is 2.47 bits per heavy atom. The van der Waals surface area contributed by atoms with Crippen molar-refractivity contribution in [2.75, 3.05) is 13.1 Å². The molecule has 0 N–H and O–H groups in total. The molecule has 0 spiro atoms. The third-order valence-corrected chi connectivity index (χ3v) is 4.95. The third-order valence-electron chi connectivity index (χ3n) is 4.95. The van der Waals surface area contributed by atoms with E-state index >= 15 is 0 Å². The molecular weight excluding hydrogens is 374 g/mol. The maximum absolute atomic E-state index is 12.3. The van der Waals surface area contributed by atoms with E-state index in [1.165, 1.54) is 30.4 Å². The average Bonchev–Trinajstić information content (AvgIpc) is 2.67. The molecule has 0 aliphatic carbocycles. The standard InChI is InChI=1S/C26H41NO3/c1-8-10-11-12-19-27(20-22(4)14-13-21(3)9-2)24-16-15-23(5)29-26(6,7)30-25(28)18-17-24/h13-17H,5,8-12,18-20H2,1-4,6-7H3/b16-15-,21-13-,22-14+,24-17+. The molecule has 4 heteroatoms. The van der Waals surface area contributed by atoms with Crippen molar-refractivity contribution in [3.05, 3.63) is 59.6 Å². The summed E-state index contributed by atoms with van der Waals surface area (Å²) < 4.78 is 11.1. The van der Waals surface area contributed by atoms with Crippen LogP contribution in [0.1, 0.15) is 80.1 Å². The molecule has 0 aromatic heterocycles. The second-order valence-corrected chi connectivity index (χ2v) is 8.47. The normalized spacial score (nSPS) is 20.7. The molecule has 0 amide bonds. The van der Waals surface area contributed by atoms with Crippen molar-refractivity contribution in [2.24, 2.45) is 0 Å². The molecule has 1 rings (SSSR count). The Morgan fingerprint density at radius 1 is 1.10 bits per heavy atom. The molecule has 30 heavy (non-hydrogen) atoms. The van der Waals surface area contributed by atoms with Gasteiger partial charge >= 0.3 is 5.97 Å². The number of nitrogens with zero attached hydrogens (tertiary/aromatic N) is 1. The topological polar surface area (TPSA) is 38.8 Å². The Hall–Kier alpha value is -2.23. The first-order valence-electron chi connectivity index (χ1n) is 11.2. The molecule has 0 aromatic carbocycles. The Balaban J connectivity index is 3.08. The maximum atomic E-state index is 12.3. The zero-order valence-electron chi connectivity index (χ0n) is 19.9. The highest BCUT2D eigenvalue weighted by molar-refractivity contribution is 5.71. The van der Waals surface area contributed by atoms with Gasteiger partial charge in [0, 0.05) is 32.6 Å². The van der Waals surface area contributed by atoms with Crippen LogP contribution < -0.4 is 0 Å². The van der Waals surface area contributed by atoms with Crippen LogP contribution in [0.5, 0.6) is 0 Å². The van der Waals surface area contributed by atoms with E-state index in [9.17, 15) is 4.79 Å². The summed E-state index contributed by atoms with van der Waals surface area (Å²) in [4.78, 5) is 14.6. The summed E-state index contributed by atoms with van der Waals surface area (Å²) in [5.41, 5.74) is 3.64. The highest BCUT2D eigenvalue weighted by atomic mass is 16.7. The fourth-order valence-electron chi connectivity index (χ4n) is 3.14. The lowest BCUT2D eigenvalue weighted by atomic mass is 10.1. The monoisotopic (exact) mass is 415 g/mol. The minimum Gasteiger partial charge on any atom is -0.453 e. The molecule has 168 valence electrons. The van der Waals surface area contributed by atoms with Gasteiger partial charge in [0.05, 0.1) is 6.42 Å². The first kappa shape index (κ1) is 25.8. The number of carbonyl (C=O) groups is 1. The van der Waals surface area contributed by atoms with E-state index in [4.69, 9.17) is 9.47 Å². The van der Waals surface area contributed by atoms with Gasteiger partial charge in [0.1, 0.15) is 5.76 Å². The van der Waals surface area contributed by atoms with E-state index in [0.717, 1.165) is 31.6 Å². The van der Waals surface area contributed by atoms with Crippen molar-refractivity contribution < 1.29 is 14.3 Å². The zero-order chi connectivity index (χ0) is 22.6. The van der Waals surface area contributed by atoms with Crippen molar-refractivity contribution in [1.29, 1.82) is 0 Å². The van der Waals surface area contributed by atoms with Gasteiger partial charge in [-0.1, -0.05) is 63.0 Å². The molecule has 0 aromatic rings. The van der Waals surface area contributed by atoms with Crippen molar-refractivity contribution in [3.8, 4) is 0 Å². The number of ether oxygens (including phenoxy) is 2.